The second kappa shape index (κ2) is 7.35. The van der Waals surface area contributed by atoms with E-state index in [2.05, 4.69) is 27.9 Å². The zero-order valence-electron chi connectivity index (χ0n) is 11.4. The van der Waals surface area contributed by atoms with Crippen LogP contribution in [0.2, 0.25) is 0 Å². The van der Waals surface area contributed by atoms with Crippen molar-refractivity contribution in [1.82, 2.24) is 5.32 Å². The summed E-state index contributed by atoms with van der Waals surface area (Å²) in [5.41, 5.74) is 0.896. The minimum absolute atomic E-state index is 0.0916. The third kappa shape index (κ3) is 4.52. The van der Waals surface area contributed by atoms with Crippen molar-refractivity contribution in [3.63, 3.8) is 0 Å². The first kappa shape index (κ1) is 16.4. The highest BCUT2D eigenvalue weighted by atomic mass is 127. The van der Waals surface area contributed by atoms with Crippen LogP contribution >= 0.6 is 22.6 Å². The monoisotopic (exact) mass is 413 g/mol. The van der Waals surface area contributed by atoms with Gasteiger partial charge in [-0.25, -0.2) is 9.18 Å². The van der Waals surface area contributed by atoms with Crippen LogP contribution in [-0.4, -0.2) is 23.0 Å². The van der Waals surface area contributed by atoms with Gasteiger partial charge in [0, 0.05) is 15.6 Å². The molecule has 22 heavy (non-hydrogen) atoms. The fourth-order valence-corrected chi connectivity index (χ4v) is 2.58. The van der Waals surface area contributed by atoms with E-state index in [0.29, 0.717) is 0 Å². The summed E-state index contributed by atoms with van der Waals surface area (Å²) < 4.78 is 14.1. The first-order valence-electron chi connectivity index (χ1n) is 6.49. The molecule has 2 aromatic rings. The summed E-state index contributed by atoms with van der Waals surface area (Å²) in [6.45, 7) is 0. The maximum absolute atomic E-state index is 13.1. The van der Waals surface area contributed by atoms with Crippen LogP contribution in [-0.2, 0) is 11.2 Å². The average molecular weight is 413 g/mol. The molecule has 0 bridgehead atoms. The highest BCUT2D eigenvalue weighted by Crippen LogP contribution is 2.11. The smallest absolute Gasteiger partial charge is 0.326 e. The predicted molar refractivity (Wildman–Crippen MR) is 88.2 cm³/mol. The van der Waals surface area contributed by atoms with E-state index in [1.54, 1.807) is 6.07 Å². The molecule has 0 spiro atoms. The molecule has 0 unspecified atom stereocenters. The van der Waals surface area contributed by atoms with Crippen LogP contribution in [0.1, 0.15) is 15.9 Å². The summed E-state index contributed by atoms with van der Waals surface area (Å²) in [6.07, 6.45) is 0.160. The predicted octanol–water partition coefficient (Wildman–Crippen LogP) is 2.86. The number of rotatable bonds is 5. The van der Waals surface area contributed by atoms with Crippen molar-refractivity contribution >= 4 is 34.5 Å². The van der Waals surface area contributed by atoms with Gasteiger partial charge in [-0.3, -0.25) is 4.79 Å². The van der Waals surface area contributed by atoms with E-state index in [9.17, 15) is 19.1 Å². The van der Waals surface area contributed by atoms with E-state index in [-0.39, 0.29) is 12.0 Å². The fraction of sp³-hybridized carbons (Fsp3) is 0.125. The minimum atomic E-state index is -1.14. The summed E-state index contributed by atoms with van der Waals surface area (Å²) >= 11 is 2.13. The normalized spacial score (nSPS) is 11.7. The van der Waals surface area contributed by atoms with Crippen LogP contribution in [0.15, 0.2) is 48.5 Å². The van der Waals surface area contributed by atoms with Gasteiger partial charge in [-0.15, -0.1) is 0 Å². The molecular formula is C16H13FINO3. The lowest BCUT2D eigenvalue weighted by Gasteiger charge is -2.15. The number of aliphatic carboxylic acids is 1. The zero-order valence-corrected chi connectivity index (χ0v) is 13.6. The third-order valence-corrected chi connectivity index (χ3v) is 3.69. The lowest BCUT2D eigenvalue weighted by molar-refractivity contribution is -0.139. The van der Waals surface area contributed by atoms with E-state index in [0.717, 1.165) is 15.2 Å². The van der Waals surface area contributed by atoms with Crippen LogP contribution < -0.4 is 5.32 Å². The van der Waals surface area contributed by atoms with Crippen molar-refractivity contribution in [3.05, 3.63) is 69.0 Å². The summed E-state index contributed by atoms with van der Waals surface area (Å²) in [5.74, 6) is -2.29. The van der Waals surface area contributed by atoms with E-state index in [4.69, 9.17) is 0 Å². The highest BCUT2D eigenvalue weighted by Gasteiger charge is 2.21. The second-order valence-corrected chi connectivity index (χ2v) is 5.95. The molecule has 4 nitrogen and oxygen atoms in total. The van der Waals surface area contributed by atoms with Crippen LogP contribution in [0.25, 0.3) is 0 Å². The van der Waals surface area contributed by atoms with Crippen LogP contribution in [0.4, 0.5) is 4.39 Å². The quantitative estimate of drug-likeness (QED) is 0.742. The zero-order chi connectivity index (χ0) is 16.1. The lowest BCUT2D eigenvalue weighted by Crippen LogP contribution is -2.42. The molecule has 0 saturated carbocycles. The van der Waals surface area contributed by atoms with Crippen molar-refractivity contribution in [1.29, 1.82) is 0 Å². The van der Waals surface area contributed by atoms with Gasteiger partial charge < -0.3 is 10.4 Å². The van der Waals surface area contributed by atoms with Crippen molar-refractivity contribution in [2.24, 2.45) is 0 Å². The van der Waals surface area contributed by atoms with Gasteiger partial charge in [0.1, 0.15) is 11.9 Å². The minimum Gasteiger partial charge on any atom is -0.480 e. The van der Waals surface area contributed by atoms with E-state index >= 15 is 0 Å². The Morgan fingerprint density at radius 3 is 2.55 bits per heavy atom. The average Bonchev–Trinajstić information content (AvgIpc) is 2.46. The largest absolute Gasteiger partial charge is 0.480 e. The summed E-state index contributed by atoms with van der Waals surface area (Å²) in [4.78, 5) is 23.4. The number of carboxylic acids is 1. The molecular weight excluding hydrogens is 400 g/mol. The van der Waals surface area contributed by atoms with Crippen LogP contribution in [0.5, 0.6) is 0 Å². The van der Waals surface area contributed by atoms with E-state index in [1.165, 1.54) is 18.2 Å². The number of carbonyl (C=O) groups excluding carboxylic acids is 1. The standard InChI is InChI=1S/C16H13FINO3/c17-12-5-2-4-11(9-12)15(20)19-14(16(21)22)8-10-3-1-6-13(18)7-10/h1-7,9,14H,8H2,(H,19,20)(H,21,22)/t14-/m1/s1. The van der Waals surface area contributed by atoms with Crippen LogP contribution in [0.3, 0.4) is 0 Å². The Hall–Kier alpha value is -1.96. The number of amides is 1. The molecule has 1 amide bonds. The van der Waals surface area contributed by atoms with Gasteiger partial charge in [0.2, 0.25) is 0 Å². The molecule has 2 rings (SSSR count). The molecule has 2 N–H and O–H groups in total. The summed E-state index contributed by atoms with van der Waals surface area (Å²) in [6, 6.07) is 11.4. The first-order chi connectivity index (χ1) is 10.5. The van der Waals surface area contributed by atoms with E-state index < -0.39 is 23.7 Å². The number of hydrogen-bond donors (Lipinski definition) is 2. The molecule has 1 atom stereocenters. The Balaban J connectivity index is 2.12. The maximum atomic E-state index is 13.1. The Kier molecular flexibility index (Phi) is 5.48. The number of hydrogen-bond acceptors (Lipinski definition) is 2. The first-order valence-corrected chi connectivity index (χ1v) is 7.57. The van der Waals surface area contributed by atoms with Gasteiger partial charge in [0.15, 0.2) is 0 Å². The summed E-state index contributed by atoms with van der Waals surface area (Å²) in [5, 5.41) is 11.7. The maximum Gasteiger partial charge on any atom is 0.326 e. The van der Waals surface area contributed by atoms with Gasteiger partial charge in [0.25, 0.3) is 5.91 Å². The van der Waals surface area contributed by atoms with Crippen molar-refractivity contribution < 1.29 is 19.1 Å². The highest BCUT2D eigenvalue weighted by molar-refractivity contribution is 14.1. The number of carbonyl (C=O) groups is 2. The second-order valence-electron chi connectivity index (χ2n) is 4.71. The Morgan fingerprint density at radius 1 is 1.18 bits per heavy atom. The molecule has 0 fully saturated rings. The van der Waals surface area contributed by atoms with Gasteiger partial charge in [-0.05, 0) is 58.5 Å². The van der Waals surface area contributed by atoms with Gasteiger partial charge in [0.05, 0.1) is 0 Å². The molecule has 0 aliphatic heterocycles. The molecule has 0 aliphatic rings. The van der Waals surface area contributed by atoms with Gasteiger partial charge >= 0.3 is 5.97 Å². The van der Waals surface area contributed by atoms with E-state index in [1.807, 2.05) is 18.2 Å². The van der Waals surface area contributed by atoms with Crippen LogP contribution in [0, 0.1) is 9.39 Å². The molecule has 0 aromatic heterocycles. The van der Waals surface area contributed by atoms with Crippen molar-refractivity contribution in [3.8, 4) is 0 Å². The lowest BCUT2D eigenvalue weighted by atomic mass is 10.1. The summed E-state index contributed by atoms with van der Waals surface area (Å²) in [7, 11) is 0. The Labute approximate surface area is 140 Å². The molecule has 6 heteroatoms. The third-order valence-electron chi connectivity index (χ3n) is 3.02. The number of benzene rings is 2. The molecule has 0 radical (unpaired) electrons. The topological polar surface area (TPSA) is 66.4 Å². The SMILES string of the molecule is O=C(N[C@H](Cc1cccc(I)c1)C(=O)O)c1cccc(F)c1. The Morgan fingerprint density at radius 2 is 1.91 bits per heavy atom. The molecule has 0 saturated heterocycles. The van der Waals surface area contributed by atoms with Crippen molar-refractivity contribution in [2.45, 2.75) is 12.5 Å². The number of carboxylic acid groups (broad SMARTS) is 1. The van der Waals surface area contributed by atoms with Crippen molar-refractivity contribution in [2.75, 3.05) is 0 Å². The molecule has 114 valence electrons. The van der Waals surface area contributed by atoms with Gasteiger partial charge in [-0.1, -0.05) is 18.2 Å². The number of halogens is 2. The molecule has 2 aromatic carbocycles. The molecule has 0 aliphatic carbocycles. The van der Waals surface area contributed by atoms with Gasteiger partial charge in [-0.2, -0.15) is 0 Å². The fourth-order valence-electron chi connectivity index (χ4n) is 1.97. The number of nitrogens with one attached hydrogen (secondary N) is 1. The Bertz CT molecular complexity index is 705. The molecule has 0 heterocycles.